The Labute approximate surface area is 164 Å². The van der Waals surface area contributed by atoms with Crippen molar-refractivity contribution < 1.29 is 34.4 Å². The molecule has 0 amide bonds. The largest absolute Gasteiger partial charge is 0.506 e. The van der Waals surface area contributed by atoms with Gasteiger partial charge >= 0.3 is 11.9 Å². The van der Waals surface area contributed by atoms with Crippen molar-refractivity contribution in [2.24, 2.45) is 11.5 Å². The van der Waals surface area contributed by atoms with Gasteiger partial charge in [0, 0.05) is 0 Å². The van der Waals surface area contributed by atoms with Gasteiger partial charge in [-0.1, -0.05) is 23.7 Å². The second kappa shape index (κ2) is 10.5. The van der Waals surface area contributed by atoms with Gasteiger partial charge in [-0.25, -0.2) is 4.39 Å². The molecule has 0 fully saturated rings. The highest BCUT2D eigenvalue weighted by atomic mass is 35.5. The minimum absolute atomic E-state index is 0.0284. The molecular formula is C18H20ClFN2O6. The number of nitrogens with two attached hydrogens (primary N) is 2. The molecule has 0 heterocycles. The van der Waals surface area contributed by atoms with Gasteiger partial charge in [0.2, 0.25) is 0 Å². The van der Waals surface area contributed by atoms with Gasteiger partial charge < -0.3 is 31.9 Å². The summed E-state index contributed by atoms with van der Waals surface area (Å²) in [4.78, 5) is 20.8. The van der Waals surface area contributed by atoms with Crippen molar-refractivity contribution >= 4 is 23.5 Å². The standard InChI is InChI=1S/C9H10ClNO3.C9H10FNO3/c2*10-6-3-5(1-2-8(6)12)4-7(11)9(13)14/h2*1-3,7,12H,4,11H2,(H,13,14). The molecule has 2 aromatic carbocycles. The number of phenolic OH excluding ortho intramolecular Hbond substituents is 2. The third-order valence-corrected chi connectivity index (χ3v) is 3.87. The maximum atomic E-state index is 12.8. The topological polar surface area (TPSA) is 167 Å². The lowest BCUT2D eigenvalue weighted by Crippen LogP contribution is -2.32. The Balaban J connectivity index is 0.000000280. The van der Waals surface area contributed by atoms with Gasteiger partial charge in [-0.3, -0.25) is 9.59 Å². The van der Waals surface area contributed by atoms with Crippen LogP contribution in [0, 0.1) is 5.82 Å². The van der Waals surface area contributed by atoms with Crippen molar-refractivity contribution in [3.8, 4) is 11.5 Å². The molecule has 0 aliphatic carbocycles. The number of rotatable bonds is 6. The molecule has 2 aromatic rings. The Morgan fingerprint density at radius 1 is 0.893 bits per heavy atom. The van der Waals surface area contributed by atoms with E-state index in [1.807, 2.05) is 0 Å². The predicted molar refractivity (Wildman–Crippen MR) is 99.8 cm³/mol. The summed E-state index contributed by atoms with van der Waals surface area (Å²) >= 11 is 5.64. The molecular weight excluding hydrogens is 395 g/mol. The molecule has 8 nitrogen and oxygen atoms in total. The number of hydrogen-bond acceptors (Lipinski definition) is 6. The van der Waals surface area contributed by atoms with Gasteiger partial charge in [0.15, 0.2) is 11.6 Å². The van der Waals surface area contributed by atoms with Crippen LogP contribution in [-0.4, -0.2) is 44.4 Å². The van der Waals surface area contributed by atoms with Gasteiger partial charge in [-0.05, 0) is 48.2 Å². The average Bonchev–Trinajstić information content (AvgIpc) is 2.61. The van der Waals surface area contributed by atoms with Gasteiger partial charge in [-0.15, -0.1) is 0 Å². The summed E-state index contributed by atoms with van der Waals surface area (Å²) in [6.45, 7) is 0. The zero-order valence-electron chi connectivity index (χ0n) is 14.5. The lowest BCUT2D eigenvalue weighted by molar-refractivity contribution is -0.139. The van der Waals surface area contributed by atoms with Crippen LogP contribution in [0.5, 0.6) is 11.5 Å². The molecule has 0 saturated carbocycles. The lowest BCUT2D eigenvalue weighted by Gasteiger charge is -2.06. The van der Waals surface area contributed by atoms with Crippen LogP contribution < -0.4 is 11.5 Å². The third kappa shape index (κ3) is 7.39. The monoisotopic (exact) mass is 414 g/mol. The van der Waals surface area contributed by atoms with E-state index in [4.69, 9.17) is 43.5 Å². The summed E-state index contributed by atoms with van der Waals surface area (Å²) in [6.07, 6.45) is 0.224. The molecule has 2 atom stereocenters. The van der Waals surface area contributed by atoms with Crippen LogP contribution in [0.15, 0.2) is 36.4 Å². The Bertz CT molecular complexity index is 779. The summed E-state index contributed by atoms with van der Waals surface area (Å²) < 4.78 is 12.8. The molecule has 0 aliphatic heterocycles. The number of halogens is 2. The minimum atomic E-state index is -1.14. The van der Waals surface area contributed by atoms with E-state index in [1.165, 1.54) is 24.3 Å². The van der Waals surface area contributed by atoms with Crippen LogP contribution in [0.2, 0.25) is 5.02 Å². The van der Waals surface area contributed by atoms with Crippen molar-refractivity contribution in [3.63, 3.8) is 0 Å². The normalized spacial score (nSPS) is 12.4. The average molecular weight is 415 g/mol. The maximum absolute atomic E-state index is 12.8. The molecule has 2 rings (SSSR count). The molecule has 0 radical (unpaired) electrons. The van der Waals surface area contributed by atoms with E-state index < -0.39 is 35.6 Å². The quantitative estimate of drug-likeness (QED) is 0.413. The van der Waals surface area contributed by atoms with E-state index in [2.05, 4.69) is 0 Å². The SMILES string of the molecule is NC(Cc1ccc(O)c(Cl)c1)C(=O)O.NC(Cc1ccc(O)c(F)c1)C(=O)O. The number of carbonyl (C=O) groups is 2. The Morgan fingerprint density at radius 2 is 1.32 bits per heavy atom. The first kappa shape index (κ1) is 23.2. The van der Waals surface area contributed by atoms with Crippen molar-refractivity contribution in [1.82, 2.24) is 0 Å². The molecule has 8 N–H and O–H groups in total. The van der Waals surface area contributed by atoms with E-state index >= 15 is 0 Å². The van der Waals surface area contributed by atoms with Crippen LogP contribution in [0.25, 0.3) is 0 Å². The molecule has 28 heavy (non-hydrogen) atoms. The highest BCUT2D eigenvalue weighted by molar-refractivity contribution is 6.32. The summed E-state index contributed by atoms with van der Waals surface area (Å²) in [7, 11) is 0. The van der Waals surface area contributed by atoms with E-state index in [1.54, 1.807) is 6.07 Å². The van der Waals surface area contributed by atoms with E-state index in [0.29, 0.717) is 11.1 Å². The third-order valence-electron chi connectivity index (χ3n) is 3.57. The van der Waals surface area contributed by atoms with E-state index in [0.717, 1.165) is 6.07 Å². The second-order valence-electron chi connectivity index (χ2n) is 5.87. The number of hydrogen-bond donors (Lipinski definition) is 6. The molecule has 2 unspecified atom stereocenters. The number of phenols is 2. The first-order valence-electron chi connectivity index (χ1n) is 7.92. The summed E-state index contributed by atoms with van der Waals surface area (Å²) in [5.41, 5.74) is 11.7. The van der Waals surface area contributed by atoms with Crippen LogP contribution in [-0.2, 0) is 22.4 Å². The number of benzene rings is 2. The molecule has 0 saturated heterocycles. The second-order valence-corrected chi connectivity index (χ2v) is 6.28. The first-order valence-corrected chi connectivity index (χ1v) is 8.30. The molecule has 152 valence electrons. The van der Waals surface area contributed by atoms with Crippen LogP contribution >= 0.6 is 11.6 Å². The zero-order chi connectivity index (χ0) is 21.4. The smallest absolute Gasteiger partial charge is 0.320 e. The summed E-state index contributed by atoms with van der Waals surface area (Å²) in [6, 6.07) is 6.16. The Hall–Kier alpha value is -2.88. The van der Waals surface area contributed by atoms with Gasteiger partial charge in [0.05, 0.1) is 5.02 Å². The van der Waals surface area contributed by atoms with Crippen LogP contribution in [0.1, 0.15) is 11.1 Å². The fourth-order valence-corrected chi connectivity index (χ4v) is 2.24. The maximum Gasteiger partial charge on any atom is 0.320 e. The molecule has 0 aliphatic rings. The fraction of sp³-hybridized carbons (Fsp3) is 0.222. The number of aliphatic carboxylic acids is 2. The molecule has 0 bridgehead atoms. The predicted octanol–water partition coefficient (Wildman–Crippen LogP) is 1.49. The van der Waals surface area contributed by atoms with Crippen LogP contribution in [0.4, 0.5) is 4.39 Å². The summed E-state index contributed by atoms with van der Waals surface area (Å²) in [5, 5.41) is 35.2. The zero-order valence-corrected chi connectivity index (χ0v) is 15.3. The molecule has 0 spiro atoms. The number of carboxylic acid groups (broad SMARTS) is 2. The highest BCUT2D eigenvalue weighted by Crippen LogP contribution is 2.24. The van der Waals surface area contributed by atoms with E-state index in [9.17, 15) is 14.0 Å². The van der Waals surface area contributed by atoms with Crippen molar-refractivity contribution in [2.45, 2.75) is 24.9 Å². The van der Waals surface area contributed by atoms with Gasteiger partial charge in [0.25, 0.3) is 0 Å². The lowest BCUT2D eigenvalue weighted by atomic mass is 10.1. The molecule has 0 aromatic heterocycles. The molecule has 10 heteroatoms. The fourth-order valence-electron chi connectivity index (χ4n) is 2.04. The van der Waals surface area contributed by atoms with E-state index in [-0.39, 0.29) is 23.6 Å². The van der Waals surface area contributed by atoms with Gasteiger partial charge in [0.1, 0.15) is 17.8 Å². The van der Waals surface area contributed by atoms with Crippen LogP contribution in [0.3, 0.4) is 0 Å². The number of aromatic hydroxyl groups is 2. The number of carboxylic acids is 2. The van der Waals surface area contributed by atoms with Crippen molar-refractivity contribution in [2.75, 3.05) is 0 Å². The van der Waals surface area contributed by atoms with Crippen molar-refractivity contribution in [3.05, 3.63) is 58.4 Å². The van der Waals surface area contributed by atoms with Crippen molar-refractivity contribution in [1.29, 1.82) is 0 Å². The van der Waals surface area contributed by atoms with Gasteiger partial charge in [-0.2, -0.15) is 0 Å². The highest BCUT2D eigenvalue weighted by Gasteiger charge is 2.13. The Kier molecular flexibility index (Phi) is 8.65. The minimum Gasteiger partial charge on any atom is -0.506 e. The summed E-state index contributed by atoms with van der Waals surface area (Å²) in [5.74, 6) is -3.47. The first-order chi connectivity index (χ1) is 13.0. The Morgan fingerprint density at radius 3 is 1.71 bits per heavy atom.